The van der Waals surface area contributed by atoms with Crippen LogP contribution in [0, 0.1) is 0 Å². The Labute approximate surface area is 146 Å². The van der Waals surface area contributed by atoms with Gasteiger partial charge in [0.25, 0.3) is 0 Å². The van der Waals surface area contributed by atoms with Crippen LogP contribution in [-0.2, 0) is 3.07 Å². The Morgan fingerprint density at radius 1 is 0.957 bits per heavy atom. The summed E-state index contributed by atoms with van der Waals surface area (Å²) < 4.78 is 9.77. The Balaban J connectivity index is 2.95. The SMILES string of the molecule is CCC[CH2][Sn]([CH2]CCC)([CH2]CCC)[O]C(=O)c1ccccc1N. The van der Waals surface area contributed by atoms with Gasteiger partial charge in [-0.2, -0.15) is 0 Å². The van der Waals surface area contributed by atoms with Crippen LogP contribution < -0.4 is 5.73 Å². The van der Waals surface area contributed by atoms with E-state index >= 15 is 0 Å². The number of anilines is 1. The summed E-state index contributed by atoms with van der Waals surface area (Å²) in [4.78, 5) is 12.7. The molecule has 0 aromatic heterocycles. The zero-order valence-corrected chi connectivity index (χ0v) is 17.9. The van der Waals surface area contributed by atoms with E-state index in [-0.39, 0.29) is 5.97 Å². The maximum atomic E-state index is 12.7. The van der Waals surface area contributed by atoms with Gasteiger partial charge in [0.2, 0.25) is 0 Å². The third kappa shape index (κ3) is 6.74. The van der Waals surface area contributed by atoms with Crippen LogP contribution in [0.2, 0.25) is 13.3 Å². The zero-order chi connectivity index (χ0) is 17.1. The van der Waals surface area contributed by atoms with E-state index in [0.29, 0.717) is 11.3 Å². The number of para-hydroxylation sites is 1. The molecule has 1 aromatic rings. The predicted octanol–water partition coefficient (Wildman–Crippen LogP) is 5.77. The van der Waals surface area contributed by atoms with E-state index in [9.17, 15) is 4.79 Å². The molecular formula is C19H33NO2Sn. The number of nitrogens with two attached hydrogens (primary N) is 1. The molecule has 1 aromatic carbocycles. The zero-order valence-electron chi connectivity index (χ0n) is 15.1. The summed E-state index contributed by atoms with van der Waals surface area (Å²) in [6, 6.07) is 7.27. The average Bonchev–Trinajstić information content (AvgIpc) is 2.56. The van der Waals surface area contributed by atoms with Crippen LogP contribution in [0.3, 0.4) is 0 Å². The van der Waals surface area contributed by atoms with Crippen molar-refractivity contribution in [3.05, 3.63) is 29.8 Å². The second kappa shape index (κ2) is 11.0. The third-order valence-corrected chi connectivity index (χ3v) is 17.0. The second-order valence-electron chi connectivity index (χ2n) is 6.47. The minimum absolute atomic E-state index is 0.179. The molecule has 0 spiro atoms. The normalized spacial score (nSPS) is 11.4. The Morgan fingerprint density at radius 2 is 1.43 bits per heavy atom. The van der Waals surface area contributed by atoms with Gasteiger partial charge in [-0.15, -0.1) is 0 Å². The number of hydrogen-bond donors (Lipinski definition) is 1. The summed E-state index contributed by atoms with van der Waals surface area (Å²) >= 11 is -2.90. The molecule has 3 nitrogen and oxygen atoms in total. The fraction of sp³-hybridized carbons (Fsp3) is 0.632. The maximum absolute atomic E-state index is 12.7. The Bertz CT molecular complexity index is 454. The minimum atomic E-state index is -2.90. The summed E-state index contributed by atoms with van der Waals surface area (Å²) in [5.74, 6) is -0.179. The molecule has 130 valence electrons. The van der Waals surface area contributed by atoms with E-state index in [2.05, 4.69) is 20.8 Å². The van der Waals surface area contributed by atoms with Gasteiger partial charge in [-0.3, -0.25) is 0 Å². The topological polar surface area (TPSA) is 52.3 Å². The molecule has 0 saturated carbocycles. The molecule has 0 heterocycles. The third-order valence-electron chi connectivity index (χ3n) is 4.45. The molecule has 0 saturated heterocycles. The monoisotopic (exact) mass is 427 g/mol. The van der Waals surface area contributed by atoms with Gasteiger partial charge in [0.15, 0.2) is 0 Å². The van der Waals surface area contributed by atoms with E-state index in [0.717, 1.165) is 13.3 Å². The van der Waals surface area contributed by atoms with Crippen molar-refractivity contribution in [1.29, 1.82) is 0 Å². The summed E-state index contributed by atoms with van der Waals surface area (Å²) in [5.41, 5.74) is 7.03. The molecule has 23 heavy (non-hydrogen) atoms. The first-order valence-electron chi connectivity index (χ1n) is 9.16. The second-order valence-corrected chi connectivity index (χ2v) is 18.1. The van der Waals surface area contributed by atoms with Crippen LogP contribution in [0.1, 0.15) is 69.7 Å². The van der Waals surface area contributed by atoms with Crippen molar-refractivity contribution in [2.45, 2.75) is 72.6 Å². The van der Waals surface area contributed by atoms with Crippen molar-refractivity contribution < 1.29 is 7.87 Å². The molecular weight excluding hydrogens is 393 g/mol. The average molecular weight is 426 g/mol. The van der Waals surface area contributed by atoms with Crippen LogP contribution in [0.15, 0.2) is 24.3 Å². The Morgan fingerprint density at radius 3 is 1.87 bits per heavy atom. The van der Waals surface area contributed by atoms with E-state index in [4.69, 9.17) is 8.81 Å². The van der Waals surface area contributed by atoms with E-state index in [1.165, 1.54) is 38.5 Å². The van der Waals surface area contributed by atoms with Crippen LogP contribution in [0.25, 0.3) is 0 Å². The molecule has 0 unspecified atom stereocenters. The van der Waals surface area contributed by atoms with Crippen LogP contribution in [0.5, 0.6) is 0 Å². The first-order valence-corrected chi connectivity index (χ1v) is 16.4. The molecule has 4 heteroatoms. The van der Waals surface area contributed by atoms with Crippen molar-refractivity contribution in [1.82, 2.24) is 0 Å². The molecule has 0 amide bonds. The molecule has 0 aliphatic carbocycles. The molecule has 2 N–H and O–H groups in total. The van der Waals surface area contributed by atoms with Crippen LogP contribution >= 0.6 is 0 Å². The van der Waals surface area contributed by atoms with Crippen molar-refractivity contribution in [3.8, 4) is 0 Å². The Hall–Kier alpha value is -0.711. The van der Waals surface area contributed by atoms with E-state index < -0.39 is 18.8 Å². The van der Waals surface area contributed by atoms with Crippen molar-refractivity contribution >= 4 is 30.4 Å². The van der Waals surface area contributed by atoms with E-state index in [1.54, 1.807) is 12.1 Å². The van der Waals surface area contributed by atoms with Crippen LogP contribution in [0.4, 0.5) is 5.69 Å². The number of carbonyl (C=O) groups excluding carboxylic acids is 1. The van der Waals surface area contributed by atoms with Gasteiger partial charge in [-0.05, 0) is 0 Å². The van der Waals surface area contributed by atoms with Gasteiger partial charge in [0.1, 0.15) is 0 Å². The van der Waals surface area contributed by atoms with Gasteiger partial charge in [-0.1, -0.05) is 0 Å². The summed E-state index contributed by atoms with van der Waals surface area (Å²) in [5, 5.41) is 0. The quantitative estimate of drug-likeness (QED) is 0.361. The first kappa shape index (κ1) is 20.3. The number of unbranched alkanes of at least 4 members (excludes halogenated alkanes) is 3. The number of benzene rings is 1. The van der Waals surface area contributed by atoms with Gasteiger partial charge in [-0.25, -0.2) is 0 Å². The molecule has 0 aliphatic rings. The fourth-order valence-electron chi connectivity index (χ4n) is 2.96. The molecule has 0 radical (unpaired) electrons. The van der Waals surface area contributed by atoms with E-state index in [1.807, 2.05) is 12.1 Å². The summed E-state index contributed by atoms with van der Waals surface area (Å²) in [7, 11) is 0. The summed E-state index contributed by atoms with van der Waals surface area (Å²) in [6.07, 6.45) is 7.05. The van der Waals surface area contributed by atoms with Gasteiger partial charge < -0.3 is 0 Å². The van der Waals surface area contributed by atoms with Crippen molar-refractivity contribution in [2.24, 2.45) is 0 Å². The Kier molecular flexibility index (Phi) is 9.68. The fourth-order valence-corrected chi connectivity index (χ4v) is 16.0. The number of rotatable bonds is 11. The molecule has 0 bridgehead atoms. The standard InChI is InChI=1S/C7H7NO2.3C4H9.Sn/c8-6-4-2-1-3-5(6)7(9)10;3*1-3-4-2;/h1-4H,8H2,(H,9,10);3*1,3-4H2,2H3;/q;;;;+1/p-1. The van der Waals surface area contributed by atoms with Crippen molar-refractivity contribution in [2.75, 3.05) is 5.73 Å². The molecule has 0 fully saturated rings. The number of hydrogen-bond acceptors (Lipinski definition) is 3. The molecule has 1 rings (SSSR count). The van der Waals surface area contributed by atoms with Gasteiger partial charge in [0, 0.05) is 0 Å². The van der Waals surface area contributed by atoms with Crippen molar-refractivity contribution in [3.63, 3.8) is 0 Å². The molecule has 0 atom stereocenters. The number of carbonyl (C=O) groups is 1. The molecule has 0 aliphatic heterocycles. The summed E-state index contributed by atoms with van der Waals surface area (Å²) in [6.45, 7) is 6.65. The van der Waals surface area contributed by atoms with Gasteiger partial charge >= 0.3 is 146 Å². The predicted molar refractivity (Wildman–Crippen MR) is 101 cm³/mol. The first-order chi connectivity index (χ1) is 11.1. The van der Waals surface area contributed by atoms with Gasteiger partial charge in [0.05, 0.1) is 0 Å². The number of nitrogen functional groups attached to an aromatic ring is 1. The van der Waals surface area contributed by atoms with Crippen LogP contribution in [-0.4, -0.2) is 24.8 Å².